The first-order chi connectivity index (χ1) is 9.78. The van der Waals surface area contributed by atoms with E-state index in [1.165, 1.54) is 33.2 Å². The lowest BCUT2D eigenvalue weighted by molar-refractivity contribution is 0.645. The second-order valence-electron chi connectivity index (χ2n) is 4.85. The van der Waals surface area contributed by atoms with Gasteiger partial charge in [0.25, 0.3) is 0 Å². The number of unbranched alkanes of at least 4 members (excludes halogenated alkanes) is 1. The number of nitrogens with zero attached hydrogens (tertiary/aromatic N) is 1. The number of thiazole rings is 1. The fourth-order valence-electron chi connectivity index (χ4n) is 1.79. The van der Waals surface area contributed by atoms with Gasteiger partial charge in [0.1, 0.15) is 5.01 Å². The molecule has 0 aliphatic carbocycles. The Bertz CT molecular complexity index is 505. The van der Waals surface area contributed by atoms with Crippen LogP contribution in [0, 0.1) is 6.92 Å². The van der Waals surface area contributed by atoms with Crippen molar-refractivity contribution < 1.29 is 0 Å². The summed E-state index contributed by atoms with van der Waals surface area (Å²) in [6.45, 7) is 6.39. The smallest absolute Gasteiger partial charge is 0.103 e. The maximum atomic E-state index is 4.51. The molecule has 2 aromatic rings. The summed E-state index contributed by atoms with van der Waals surface area (Å²) < 4.78 is 0. The second-order valence-corrected chi connectivity index (χ2v) is 7.10. The third-order valence-electron chi connectivity index (χ3n) is 2.99. The van der Waals surface area contributed by atoms with E-state index in [1.54, 1.807) is 0 Å². The number of hydrogen-bond acceptors (Lipinski definition) is 4. The number of aryl methyl sites for hydroxylation is 1. The highest BCUT2D eigenvalue weighted by atomic mass is 32.2. The van der Waals surface area contributed by atoms with Gasteiger partial charge in [0.15, 0.2) is 0 Å². The normalized spacial score (nSPS) is 10.9. The maximum Gasteiger partial charge on any atom is 0.103 e. The summed E-state index contributed by atoms with van der Waals surface area (Å²) in [5, 5.41) is 4.67. The summed E-state index contributed by atoms with van der Waals surface area (Å²) in [5.74, 6) is 0.961. The Morgan fingerprint density at radius 2 is 2.05 bits per heavy atom. The minimum atomic E-state index is 0.951. The molecule has 1 aromatic heterocycles. The Labute approximate surface area is 130 Å². The number of aromatic nitrogens is 1. The van der Waals surface area contributed by atoms with Crippen molar-refractivity contribution in [1.82, 2.24) is 10.3 Å². The Hall–Kier alpha value is -0.840. The van der Waals surface area contributed by atoms with Gasteiger partial charge in [-0.1, -0.05) is 31.0 Å². The molecule has 0 aliphatic heterocycles. The van der Waals surface area contributed by atoms with Crippen LogP contribution >= 0.6 is 23.1 Å². The summed E-state index contributed by atoms with van der Waals surface area (Å²) in [7, 11) is 0. The van der Waals surface area contributed by atoms with Gasteiger partial charge < -0.3 is 5.32 Å². The van der Waals surface area contributed by atoms with E-state index < -0.39 is 0 Å². The molecule has 2 nitrogen and oxygen atoms in total. The van der Waals surface area contributed by atoms with Crippen LogP contribution < -0.4 is 5.32 Å². The van der Waals surface area contributed by atoms with E-state index in [1.807, 2.05) is 29.3 Å². The van der Waals surface area contributed by atoms with Crippen LogP contribution in [0.1, 0.15) is 35.2 Å². The largest absolute Gasteiger partial charge is 0.312 e. The third-order valence-corrected chi connectivity index (χ3v) is 5.19. The van der Waals surface area contributed by atoms with E-state index in [4.69, 9.17) is 0 Å². The molecular formula is C16H22N2S2. The fraction of sp³-hybridized carbons (Fsp3) is 0.438. The van der Waals surface area contributed by atoms with Gasteiger partial charge in [-0.05, 0) is 32.0 Å². The van der Waals surface area contributed by atoms with E-state index >= 15 is 0 Å². The quantitative estimate of drug-likeness (QED) is 0.568. The predicted molar refractivity (Wildman–Crippen MR) is 89.5 cm³/mol. The van der Waals surface area contributed by atoms with Crippen molar-refractivity contribution in [2.45, 2.75) is 43.9 Å². The Morgan fingerprint density at radius 1 is 1.25 bits per heavy atom. The third kappa shape index (κ3) is 5.27. The van der Waals surface area contributed by atoms with Crippen molar-refractivity contribution in [3.05, 3.63) is 45.9 Å². The fourth-order valence-corrected chi connectivity index (χ4v) is 3.58. The molecular weight excluding hydrogens is 284 g/mol. The molecule has 0 unspecified atom stereocenters. The molecule has 1 heterocycles. The van der Waals surface area contributed by atoms with Gasteiger partial charge in [0, 0.05) is 22.5 Å². The zero-order valence-corrected chi connectivity index (χ0v) is 13.8. The average Bonchev–Trinajstić information content (AvgIpc) is 2.91. The van der Waals surface area contributed by atoms with Crippen molar-refractivity contribution in [2.24, 2.45) is 0 Å². The number of nitrogens with one attached hydrogen (secondary N) is 1. The maximum absolute atomic E-state index is 4.51. The molecule has 108 valence electrons. The van der Waals surface area contributed by atoms with Crippen LogP contribution in [-0.4, -0.2) is 11.5 Å². The summed E-state index contributed by atoms with van der Waals surface area (Å²) in [6, 6.07) is 8.68. The first-order valence-electron chi connectivity index (χ1n) is 7.11. The Morgan fingerprint density at radius 3 is 2.80 bits per heavy atom. The number of rotatable bonds is 8. The first kappa shape index (κ1) is 15.5. The first-order valence-corrected chi connectivity index (χ1v) is 8.92. The minimum Gasteiger partial charge on any atom is -0.312 e. The molecule has 0 amide bonds. The Balaban J connectivity index is 1.76. The molecule has 4 heteroatoms. The number of hydrogen-bond donors (Lipinski definition) is 1. The van der Waals surface area contributed by atoms with Gasteiger partial charge in [-0.15, -0.1) is 23.1 Å². The van der Waals surface area contributed by atoms with Gasteiger partial charge in [0.05, 0.1) is 5.75 Å². The molecule has 0 aliphatic rings. The zero-order chi connectivity index (χ0) is 14.2. The highest BCUT2D eigenvalue weighted by Crippen LogP contribution is 2.25. The van der Waals surface area contributed by atoms with Crippen LogP contribution in [-0.2, 0) is 12.3 Å². The summed E-state index contributed by atoms with van der Waals surface area (Å²) >= 11 is 3.67. The lowest BCUT2D eigenvalue weighted by atomic mass is 10.2. The van der Waals surface area contributed by atoms with Crippen molar-refractivity contribution >= 4 is 23.1 Å². The molecule has 0 saturated heterocycles. The lowest BCUT2D eigenvalue weighted by Crippen LogP contribution is -2.13. The second kappa shape index (κ2) is 8.45. The van der Waals surface area contributed by atoms with E-state index in [2.05, 4.69) is 48.4 Å². The zero-order valence-electron chi connectivity index (χ0n) is 12.2. The van der Waals surface area contributed by atoms with Crippen LogP contribution in [0.15, 0.2) is 35.4 Å². The van der Waals surface area contributed by atoms with Gasteiger partial charge >= 0.3 is 0 Å². The molecule has 1 aromatic carbocycles. The van der Waals surface area contributed by atoms with Gasteiger partial charge in [-0.2, -0.15) is 0 Å². The Kier molecular flexibility index (Phi) is 6.57. The van der Waals surface area contributed by atoms with Gasteiger partial charge in [-0.3, -0.25) is 0 Å². The standard InChI is InChI=1S/C16H22N2S2/c1-3-4-9-17-10-15-11-18-16(20-15)12-19-14-7-5-13(2)6-8-14/h5-8,11,17H,3-4,9-10,12H2,1-2H3. The topological polar surface area (TPSA) is 24.9 Å². The van der Waals surface area contributed by atoms with Gasteiger partial charge in [0.2, 0.25) is 0 Å². The molecule has 0 spiro atoms. The molecule has 2 rings (SSSR count). The van der Waals surface area contributed by atoms with Crippen LogP contribution in [0.3, 0.4) is 0 Å². The average molecular weight is 306 g/mol. The number of thioether (sulfide) groups is 1. The van der Waals surface area contributed by atoms with Crippen LogP contribution in [0.4, 0.5) is 0 Å². The van der Waals surface area contributed by atoms with Crippen LogP contribution in [0.25, 0.3) is 0 Å². The predicted octanol–water partition coefficient (Wildman–Crippen LogP) is 4.63. The SMILES string of the molecule is CCCCNCc1cnc(CSc2ccc(C)cc2)s1. The van der Waals surface area contributed by atoms with Crippen LogP contribution in [0.5, 0.6) is 0 Å². The van der Waals surface area contributed by atoms with Crippen molar-refractivity contribution in [3.8, 4) is 0 Å². The summed E-state index contributed by atoms with van der Waals surface area (Å²) in [5.41, 5.74) is 1.31. The molecule has 1 N–H and O–H groups in total. The number of benzene rings is 1. The van der Waals surface area contributed by atoms with E-state index in [0.717, 1.165) is 18.8 Å². The van der Waals surface area contributed by atoms with Crippen LogP contribution in [0.2, 0.25) is 0 Å². The molecule has 0 bridgehead atoms. The lowest BCUT2D eigenvalue weighted by Gasteiger charge is -2.00. The highest BCUT2D eigenvalue weighted by molar-refractivity contribution is 7.98. The van der Waals surface area contributed by atoms with Gasteiger partial charge in [-0.25, -0.2) is 4.98 Å². The molecule has 20 heavy (non-hydrogen) atoms. The van der Waals surface area contributed by atoms with Crippen molar-refractivity contribution in [2.75, 3.05) is 6.54 Å². The molecule has 0 atom stereocenters. The summed E-state index contributed by atoms with van der Waals surface area (Å²) in [6.07, 6.45) is 4.50. The van der Waals surface area contributed by atoms with E-state index in [0.29, 0.717) is 0 Å². The molecule has 0 fully saturated rings. The summed E-state index contributed by atoms with van der Waals surface area (Å²) in [4.78, 5) is 7.15. The minimum absolute atomic E-state index is 0.951. The molecule has 0 radical (unpaired) electrons. The van der Waals surface area contributed by atoms with E-state index in [9.17, 15) is 0 Å². The molecule has 0 saturated carbocycles. The highest BCUT2D eigenvalue weighted by Gasteiger charge is 2.03. The van der Waals surface area contributed by atoms with Crippen molar-refractivity contribution in [3.63, 3.8) is 0 Å². The van der Waals surface area contributed by atoms with Crippen molar-refractivity contribution in [1.29, 1.82) is 0 Å². The monoisotopic (exact) mass is 306 g/mol. The van der Waals surface area contributed by atoms with E-state index in [-0.39, 0.29) is 0 Å².